The van der Waals surface area contributed by atoms with Crippen LogP contribution in [0, 0.1) is 0 Å². The monoisotopic (exact) mass is 203 g/mol. The molecule has 2 unspecified atom stereocenters. The van der Waals surface area contributed by atoms with Crippen LogP contribution in [0.15, 0.2) is 0 Å². The Hall–Kier alpha value is -0.160. The van der Waals surface area contributed by atoms with E-state index in [1.807, 2.05) is 0 Å². The summed E-state index contributed by atoms with van der Waals surface area (Å²) in [6.07, 6.45) is 3.93. The van der Waals surface area contributed by atoms with Gasteiger partial charge in [-0.25, -0.2) is 0 Å². The molecule has 0 aromatic rings. The van der Waals surface area contributed by atoms with Crippen LogP contribution in [0.25, 0.3) is 0 Å². The second-order valence-electron chi connectivity index (χ2n) is 4.10. The van der Waals surface area contributed by atoms with Gasteiger partial charge in [0.15, 0.2) is 0 Å². The van der Waals surface area contributed by atoms with Crippen molar-refractivity contribution in [1.82, 2.24) is 0 Å². The lowest BCUT2D eigenvalue weighted by Crippen LogP contribution is -2.49. The van der Waals surface area contributed by atoms with Crippen molar-refractivity contribution in [2.45, 2.75) is 37.3 Å². The molecular formula is C10H21NO3. The van der Waals surface area contributed by atoms with Crippen LogP contribution in [0.2, 0.25) is 0 Å². The van der Waals surface area contributed by atoms with Crippen LogP contribution >= 0.6 is 0 Å². The summed E-state index contributed by atoms with van der Waals surface area (Å²) >= 11 is 0. The van der Waals surface area contributed by atoms with Crippen LogP contribution in [-0.4, -0.2) is 43.7 Å². The molecule has 0 radical (unpaired) electrons. The largest absolute Gasteiger partial charge is 0.394 e. The number of aliphatic hydroxyl groups excluding tert-OH is 1. The summed E-state index contributed by atoms with van der Waals surface area (Å²) < 4.78 is 10.5. The van der Waals surface area contributed by atoms with E-state index in [1.165, 1.54) is 0 Å². The Morgan fingerprint density at radius 3 is 2.93 bits per heavy atom. The Kier molecular flexibility index (Phi) is 4.81. The van der Waals surface area contributed by atoms with Gasteiger partial charge in [0.25, 0.3) is 0 Å². The van der Waals surface area contributed by atoms with Crippen LogP contribution in [0.4, 0.5) is 0 Å². The summed E-state index contributed by atoms with van der Waals surface area (Å²) in [6, 6.07) is 0. The minimum absolute atomic E-state index is 0.0527. The average molecular weight is 203 g/mol. The lowest BCUT2D eigenvalue weighted by Gasteiger charge is -2.36. The molecule has 14 heavy (non-hydrogen) atoms. The van der Waals surface area contributed by atoms with Gasteiger partial charge in [-0.15, -0.1) is 0 Å². The molecule has 0 spiro atoms. The van der Waals surface area contributed by atoms with E-state index in [4.69, 9.17) is 20.3 Å². The zero-order chi connectivity index (χ0) is 10.4. The molecule has 0 aromatic heterocycles. The van der Waals surface area contributed by atoms with Crippen molar-refractivity contribution in [3.8, 4) is 0 Å². The van der Waals surface area contributed by atoms with Crippen molar-refractivity contribution >= 4 is 0 Å². The van der Waals surface area contributed by atoms with Crippen LogP contribution in [0.5, 0.6) is 0 Å². The number of hydrogen-bond donors (Lipinski definition) is 2. The molecule has 0 aromatic carbocycles. The summed E-state index contributed by atoms with van der Waals surface area (Å²) in [5.41, 5.74) is 5.57. The van der Waals surface area contributed by atoms with Gasteiger partial charge in [0.2, 0.25) is 0 Å². The highest BCUT2D eigenvalue weighted by atomic mass is 16.5. The predicted octanol–water partition coefficient (Wildman–Crippen LogP) is 0.282. The molecule has 0 bridgehead atoms. The number of nitrogens with two attached hydrogens (primary N) is 1. The van der Waals surface area contributed by atoms with E-state index in [0.717, 1.165) is 25.7 Å². The predicted molar refractivity (Wildman–Crippen MR) is 54.1 cm³/mol. The van der Waals surface area contributed by atoms with Crippen LogP contribution < -0.4 is 5.73 Å². The topological polar surface area (TPSA) is 64.7 Å². The first-order valence-corrected chi connectivity index (χ1v) is 5.20. The van der Waals surface area contributed by atoms with Gasteiger partial charge in [0.1, 0.15) is 0 Å². The molecular weight excluding hydrogens is 182 g/mol. The molecule has 0 amide bonds. The molecule has 2 atom stereocenters. The van der Waals surface area contributed by atoms with Gasteiger partial charge >= 0.3 is 0 Å². The molecule has 0 saturated heterocycles. The number of ether oxygens (including phenoxy) is 2. The van der Waals surface area contributed by atoms with E-state index in [2.05, 4.69) is 0 Å². The third kappa shape index (κ3) is 3.53. The Labute approximate surface area is 85.4 Å². The van der Waals surface area contributed by atoms with Gasteiger partial charge in [-0.05, 0) is 25.7 Å². The van der Waals surface area contributed by atoms with E-state index < -0.39 is 5.54 Å². The molecule has 4 heteroatoms. The Balaban J connectivity index is 2.25. The van der Waals surface area contributed by atoms with Gasteiger partial charge in [0, 0.05) is 12.6 Å². The van der Waals surface area contributed by atoms with E-state index in [-0.39, 0.29) is 12.7 Å². The highest BCUT2D eigenvalue weighted by molar-refractivity contribution is 4.90. The molecule has 3 N–H and O–H groups in total. The summed E-state index contributed by atoms with van der Waals surface area (Å²) in [6.45, 7) is 1.28. The normalized spacial score (nSPS) is 33.2. The fraction of sp³-hybridized carbons (Fsp3) is 1.00. The maximum Gasteiger partial charge on any atom is 0.0704 e. The van der Waals surface area contributed by atoms with E-state index in [1.54, 1.807) is 7.11 Å². The van der Waals surface area contributed by atoms with Crippen LogP contribution in [0.1, 0.15) is 25.7 Å². The van der Waals surface area contributed by atoms with Gasteiger partial charge in [-0.1, -0.05) is 0 Å². The number of hydrogen-bond acceptors (Lipinski definition) is 4. The Bertz CT molecular complexity index is 165. The summed E-state index contributed by atoms with van der Waals surface area (Å²) in [5, 5.41) is 9.13. The van der Waals surface area contributed by atoms with Crippen LogP contribution in [0.3, 0.4) is 0 Å². The number of aliphatic hydroxyl groups is 1. The lowest BCUT2D eigenvalue weighted by molar-refractivity contribution is -0.0242. The molecule has 1 aliphatic carbocycles. The molecule has 0 heterocycles. The van der Waals surface area contributed by atoms with Crippen molar-refractivity contribution in [3.63, 3.8) is 0 Å². The average Bonchev–Trinajstić information content (AvgIpc) is 2.19. The zero-order valence-corrected chi connectivity index (χ0v) is 8.87. The quantitative estimate of drug-likeness (QED) is 0.630. The first kappa shape index (κ1) is 11.9. The third-order valence-corrected chi connectivity index (χ3v) is 2.79. The van der Waals surface area contributed by atoms with E-state index >= 15 is 0 Å². The van der Waals surface area contributed by atoms with Crippen molar-refractivity contribution in [3.05, 3.63) is 0 Å². The maximum absolute atomic E-state index is 9.13. The highest BCUT2D eigenvalue weighted by Crippen LogP contribution is 2.27. The third-order valence-electron chi connectivity index (χ3n) is 2.79. The first-order valence-electron chi connectivity index (χ1n) is 5.20. The van der Waals surface area contributed by atoms with E-state index in [0.29, 0.717) is 13.2 Å². The lowest BCUT2D eigenvalue weighted by atomic mass is 9.81. The number of rotatable bonds is 5. The van der Waals surface area contributed by atoms with E-state index in [9.17, 15) is 0 Å². The molecule has 1 saturated carbocycles. The minimum atomic E-state index is -0.421. The molecule has 4 nitrogen and oxygen atoms in total. The molecule has 1 fully saturated rings. The summed E-state index contributed by atoms with van der Waals surface area (Å²) in [5.74, 6) is 0. The fourth-order valence-electron chi connectivity index (χ4n) is 1.92. The van der Waals surface area contributed by atoms with Gasteiger partial charge < -0.3 is 20.3 Å². The maximum atomic E-state index is 9.13. The Morgan fingerprint density at radius 1 is 1.50 bits per heavy atom. The molecule has 84 valence electrons. The molecule has 1 aliphatic rings. The van der Waals surface area contributed by atoms with Crippen molar-refractivity contribution < 1.29 is 14.6 Å². The summed E-state index contributed by atoms with van der Waals surface area (Å²) in [7, 11) is 1.66. The van der Waals surface area contributed by atoms with Gasteiger partial charge in [-0.2, -0.15) is 0 Å². The fourth-order valence-corrected chi connectivity index (χ4v) is 1.92. The van der Waals surface area contributed by atoms with Crippen molar-refractivity contribution in [1.29, 1.82) is 0 Å². The number of methoxy groups -OCH3 is 1. The smallest absolute Gasteiger partial charge is 0.0704 e. The SMILES string of the molecule is COCCOC1CCCC(N)(CO)C1. The molecule has 0 aliphatic heterocycles. The highest BCUT2D eigenvalue weighted by Gasteiger charge is 2.32. The standard InChI is InChI=1S/C10H21NO3/c1-13-5-6-14-9-3-2-4-10(11,7-9)8-12/h9,12H,2-8,11H2,1H3. The molecule has 1 rings (SSSR count). The zero-order valence-electron chi connectivity index (χ0n) is 8.87. The van der Waals surface area contributed by atoms with Crippen LogP contribution in [-0.2, 0) is 9.47 Å². The van der Waals surface area contributed by atoms with Crippen molar-refractivity contribution in [2.24, 2.45) is 5.73 Å². The summed E-state index contributed by atoms with van der Waals surface area (Å²) in [4.78, 5) is 0. The Morgan fingerprint density at radius 2 is 2.29 bits per heavy atom. The van der Waals surface area contributed by atoms with Gasteiger partial charge in [-0.3, -0.25) is 0 Å². The second-order valence-corrected chi connectivity index (χ2v) is 4.10. The minimum Gasteiger partial charge on any atom is -0.394 e. The van der Waals surface area contributed by atoms with Gasteiger partial charge in [0.05, 0.1) is 25.9 Å². The second kappa shape index (κ2) is 5.66. The van der Waals surface area contributed by atoms with Crippen molar-refractivity contribution in [2.75, 3.05) is 26.9 Å². The first-order chi connectivity index (χ1) is 6.70.